The highest BCUT2D eigenvalue weighted by molar-refractivity contribution is 8.00. The molecule has 2 aliphatic heterocycles. The number of aliphatic hydroxyl groups excluding tert-OH is 1. The van der Waals surface area contributed by atoms with E-state index < -0.39 is 17.7 Å². The molecule has 3 aromatic carbocycles. The van der Waals surface area contributed by atoms with Gasteiger partial charge in [-0.1, -0.05) is 55.1 Å². The molecule has 1 N–H and O–H groups in total. The lowest BCUT2D eigenvalue weighted by Crippen LogP contribution is -2.29. The van der Waals surface area contributed by atoms with Crippen molar-refractivity contribution in [2.45, 2.75) is 43.3 Å². The monoisotopic (exact) mass is 691 g/mol. The number of aliphatic hydroxyl groups is 1. The number of aromatic nitrogens is 2. The van der Waals surface area contributed by atoms with Crippen LogP contribution in [0.5, 0.6) is 23.0 Å². The van der Waals surface area contributed by atoms with Crippen LogP contribution in [-0.2, 0) is 15.3 Å². The van der Waals surface area contributed by atoms with E-state index in [9.17, 15) is 19.1 Å². The third kappa shape index (κ3) is 7.12. The average Bonchev–Trinajstić information content (AvgIpc) is 3.66. The normalized spacial score (nSPS) is 16.9. The zero-order valence-corrected chi connectivity index (χ0v) is 28.2. The van der Waals surface area contributed by atoms with Crippen molar-refractivity contribution in [3.63, 3.8) is 0 Å². The van der Waals surface area contributed by atoms with E-state index in [2.05, 4.69) is 24.0 Å². The Labute approximate surface area is 285 Å². The molecule has 0 spiro atoms. The van der Waals surface area contributed by atoms with E-state index in [1.165, 1.54) is 28.8 Å². The summed E-state index contributed by atoms with van der Waals surface area (Å²) in [5.74, 6) is 0.423. The van der Waals surface area contributed by atoms with Crippen LogP contribution in [0.25, 0.3) is 5.76 Å². The minimum Gasteiger partial charge on any atom is -0.507 e. The summed E-state index contributed by atoms with van der Waals surface area (Å²) >= 11 is 2.51. The molecular weight excluding hydrogens is 658 g/mol. The number of carbonyl (C=O) groups excluding carboxylic acids is 2. The maximum atomic E-state index is 13.8. The zero-order chi connectivity index (χ0) is 33.8. The van der Waals surface area contributed by atoms with Crippen molar-refractivity contribution in [1.29, 1.82) is 0 Å². The van der Waals surface area contributed by atoms with Crippen LogP contribution < -0.4 is 23.8 Å². The number of hydrogen-bond donors (Lipinski definition) is 1. The van der Waals surface area contributed by atoms with Crippen molar-refractivity contribution in [3.8, 4) is 23.0 Å². The number of hydrogen-bond acceptors (Lipinski definition) is 11. The average molecular weight is 692 g/mol. The van der Waals surface area contributed by atoms with Gasteiger partial charge in [0.2, 0.25) is 5.13 Å². The number of thioether (sulfide) groups is 1. The molecule has 2 aliphatic rings. The molecule has 1 aromatic heterocycles. The largest absolute Gasteiger partial charge is 0.507 e. The van der Waals surface area contributed by atoms with E-state index in [0.29, 0.717) is 71.0 Å². The number of amides is 1. The van der Waals surface area contributed by atoms with E-state index in [0.717, 1.165) is 23.3 Å². The van der Waals surface area contributed by atoms with Gasteiger partial charge in [-0.2, -0.15) is 0 Å². The first-order chi connectivity index (χ1) is 23.2. The maximum absolute atomic E-state index is 13.8. The molecule has 4 aromatic rings. The van der Waals surface area contributed by atoms with Crippen LogP contribution in [0.15, 0.2) is 70.6 Å². The number of ether oxygens (including phenoxy) is 4. The fourth-order valence-corrected chi connectivity index (χ4v) is 7.09. The molecule has 0 aliphatic carbocycles. The van der Waals surface area contributed by atoms with E-state index in [1.54, 1.807) is 48.5 Å². The summed E-state index contributed by atoms with van der Waals surface area (Å²) < 4.78 is 37.2. The Balaban J connectivity index is 1.40. The number of Topliss-reactive ketones (excluding diaryl/α,β-unsaturated/α-hetero) is 1. The van der Waals surface area contributed by atoms with Gasteiger partial charge in [-0.25, -0.2) is 4.39 Å². The summed E-state index contributed by atoms with van der Waals surface area (Å²) in [6, 6.07) is 15.2. The Kier molecular flexibility index (Phi) is 10.2. The van der Waals surface area contributed by atoms with Crippen molar-refractivity contribution < 1.29 is 38.0 Å². The van der Waals surface area contributed by atoms with Crippen molar-refractivity contribution >= 4 is 45.7 Å². The number of carbonyl (C=O) groups is 2. The molecule has 0 bridgehead atoms. The molecule has 3 heterocycles. The topological polar surface area (TPSA) is 120 Å². The van der Waals surface area contributed by atoms with Gasteiger partial charge in [0.15, 0.2) is 27.3 Å². The van der Waals surface area contributed by atoms with E-state index in [-0.39, 0.29) is 27.8 Å². The van der Waals surface area contributed by atoms with E-state index in [4.69, 9.17) is 18.9 Å². The molecule has 13 heteroatoms. The summed E-state index contributed by atoms with van der Waals surface area (Å²) in [5.41, 5.74) is 1.55. The second-order valence-electron chi connectivity index (χ2n) is 11.5. The first-order valence-corrected chi connectivity index (χ1v) is 17.3. The third-order valence-electron chi connectivity index (χ3n) is 7.67. The number of nitrogens with zero attached hydrogens (tertiary/aromatic N) is 3. The first-order valence-electron chi connectivity index (χ1n) is 15.5. The molecule has 1 saturated heterocycles. The molecule has 0 saturated carbocycles. The zero-order valence-electron chi connectivity index (χ0n) is 26.6. The summed E-state index contributed by atoms with van der Waals surface area (Å²) in [6.45, 7) is 7.66. The second-order valence-corrected chi connectivity index (χ2v) is 13.6. The molecule has 1 fully saturated rings. The molecule has 0 radical (unpaired) electrons. The Hall–Kier alpha value is -4.62. The van der Waals surface area contributed by atoms with Gasteiger partial charge >= 0.3 is 5.91 Å². The fourth-order valence-electron chi connectivity index (χ4n) is 5.26. The van der Waals surface area contributed by atoms with Gasteiger partial charge in [-0.3, -0.25) is 14.5 Å². The van der Waals surface area contributed by atoms with Gasteiger partial charge in [-0.15, -0.1) is 10.2 Å². The number of fused-ring (bicyclic) bond motifs is 1. The van der Waals surface area contributed by atoms with Crippen LogP contribution in [0.2, 0.25) is 0 Å². The quantitative estimate of drug-likeness (QED) is 0.0537. The summed E-state index contributed by atoms with van der Waals surface area (Å²) in [6.07, 6.45) is 0.849. The van der Waals surface area contributed by atoms with Crippen molar-refractivity contribution in [2.24, 2.45) is 5.92 Å². The van der Waals surface area contributed by atoms with Crippen molar-refractivity contribution in [3.05, 3.63) is 88.7 Å². The predicted molar refractivity (Wildman–Crippen MR) is 181 cm³/mol. The molecule has 10 nitrogen and oxygen atoms in total. The Morgan fingerprint density at radius 3 is 2.54 bits per heavy atom. The van der Waals surface area contributed by atoms with Gasteiger partial charge in [0.25, 0.3) is 5.78 Å². The molecular formula is C35H34FN3O7S2. The van der Waals surface area contributed by atoms with Gasteiger partial charge in [0.05, 0.1) is 24.8 Å². The maximum Gasteiger partial charge on any atom is 0.301 e. The van der Waals surface area contributed by atoms with Crippen molar-refractivity contribution in [1.82, 2.24) is 10.2 Å². The predicted octanol–water partition coefficient (Wildman–Crippen LogP) is 7.19. The van der Waals surface area contributed by atoms with Crippen LogP contribution in [0.1, 0.15) is 49.9 Å². The molecule has 48 heavy (non-hydrogen) atoms. The molecule has 1 amide bonds. The molecule has 1 unspecified atom stereocenters. The van der Waals surface area contributed by atoms with Crippen LogP contribution in [0, 0.1) is 11.7 Å². The fraction of sp³-hybridized carbons (Fsp3) is 0.314. The van der Waals surface area contributed by atoms with E-state index >= 15 is 0 Å². The number of anilines is 1. The number of ketones is 1. The minimum atomic E-state index is -1.06. The highest BCUT2D eigenvalue weighted by atomic mass is 32.2. The minimum absolute atomic E-state index is 0.122. The van der Waals surface area contributed by atoms with E-state index in [1.807, 2.05) is 6.92 Å². The Morgan fingerprint density at radius 2 is 1.79 bits per heavy atom. The van der Waals surface area contributed by atoms with Gasteiger partial charge in [0.1, 0.15) is 24.8 Å². The van der Waals surface area contributed by atoms with Crippen LogP contribution >= 0.6 is 23.1 Å². The van der Waals surface area contributed by atoms with Crippen LogP contribution in [-0.4, -0.2) is 53.4 Å². The van der Waals surface area contributed by atoms with Crippen LogP contribution in [0.4, 0.5) is 9.52 Å². The Morgan fingerprint density at radius 1 is 1.02 bits per heavy atom. The number of rotatable bonds is 12. The second kappa shape index (κ2) is 14.7. The van der Waals surface area contributed by atoms with Crippen molar-refractivity contribution in [2.75, 3.05) is 31.3 Å². The van der Waals surface area contributed by atoms with Gasteiger partial charge in [0, 0.05) is 11.3 Å². The van der Waals surface area contributed by atoms with Gasteiger partial charge < -0.3 is 24.1 Å². The Bertz CT molecular complexity index is 1840. The number of halogens is 1. The standard InChI is InChI=1S/C35H34FN3O7S2/c1-4-43-27-17-22(7-11-25(27)44-14-13-20(2)3)30-29(31(40)23-8-12-26-28(18-23)46-16-15-45-26)32(41)33(42)39(30)34-37-38-35(48-34)47-19-21-5-9-24(36)10-6-21/h5-12,17-18,20,30,40H,4,13-16,19H2,1-3H3/b31-29+. The molecule has 1 atom stereocenters. The highest BCUT2D eigenvalue weighted by Gasteiger charge is 2.48. The molecule has 6 rings (SSSR count). The highest BCUT2D eigenvalue weighted by Crippen LogP contribution is 2.46. The third-order valence-corrected chi connectivity index (χ3v) is 9.80. The van der Waals surface area contributed by atoms with Gasteiger partial charge in [-0.05, 0) is 72.9 Å². The summed E-state index contributed by atoms with van der Waals surface area (Å²) in [4.78, 5) is 28.9. The smallest absolute Gasteiger partial charge is 0.301 e. The lowest BCUT2D eigenvalue weighted by molar-refractivity contribution is -0.132. The summed E-state index contributed by atoms with van der Waals surface area (Å²) in [5, 5.41) is 20.4. The molecule has 250 valence electrons. The lowest BCUT2D eigenvalue weighted by Gasteiger charge is -2.24. The van der Waals surface area contributed by atoms with Crippen LogP contribution in [0.3, 0.4) is 0 Å². The lowest BCUT2D eigenvalue weighted by atomic mass is 9.95. The summed E-state index contributed by atoms with van der Waals surface area (Å²) in [7, 11) is 0. The number of benzene rings is 3. The SMILES string of the molecule is CCOc1cc(C2/C(=C(\O)c3ccc4c(c3)OCCO4)C(=O)C(=O)N2c2nnc(SCc3ccc(F)cc3)s2)ccc1OCCC(C)C. The first kappa shape index (κ1) is 33.3.